The molecule has 1 aliphatic carbocycles. The summed E-state index contributed by atoms with van der Waals surface area (Å²) >= 11 is 0. The minimum Gasteiger partial charge on any atom is -0.488 e. The molecule has 0 fully saturated rings. The van der Waals surface area contributed by atoms with E-state index in [2.05, 4.69) is 18.2 Å². The van der Waals surface area contributed by atoms with E-state index in [1.165, 1.54) is 17.7 Å². The average molecular weight is 240 g/mol. The molecule has 0 amide bonds. The number of halogens is 1. The molecule has 90 valence electrons. The maximum Gasteiger partial charge on any atom is 0.127 e. The first kappa shape index (κ1) is 11.0. The highest BCUT2D eigenvalue weighted by molar-refractivity contribution is 5.66. The third kappa shape index (κ3) is 2.14. The molecule has 0 aromatic heterocycles. The minimum atomic E-state index is -0.228. The number of ether oxygens (including phenoxy) is 1. The molecule has 0 aliphatic heterocycles. The normalized spacial score (nSPS) is 12.5. The average Bonchev–Trinajstić information content (AvgIpc) is 2.85. The van der Waals surface area contributed by atoms with Gasteiger partial charge in [0.15, 0.2) is 0 Å². The zero-order valence-electron chi connectivity index (χ0n) is 9.90. The van der Waals surface area contributed by atoms with E-state index < -0.39 is 0 Å². The Morgan fingerprint density at radius 2 is 2.00 bits per heavy atom. The summed E-state index contributed by atoms with van der Waals surface area (Å²) in [7, 11) is 0. The van der Waals surface area contributed by atoms with Crippen molar-refractivity contribution < 1.29 is 9.13 Å². The highest BCUT2D eigenvalue weighted by Crippen LogP contribution is 2.29. The van der Waals surface area contributed by atoms with Crippen LogP contribution in [-0.4, -0.2) is 0 Å². The predicted octanol–water partition coefficient (Wildman–Crippen LogP) is 3.97. The van der Waals surface area contributed by atoms with Gasteiger partial charge in [0.25, 0.3) is 0 Å². The molecule has 1 aliphatic rings. The van der Waals surface area contributed by atoms with Crippen LogP contribution >= 0.6 is 0 Å². The van der Waals surface area contributed by atoms with E-state index in [-0.39, 0.29) is 5.82 Å². The van der Waals surface area contributed by atoms with Crippen molar-refractivity contribution in [2.24, 2.45) is 0 Å². The lowest BCUT2D eigenvalue weighted by Gasteiger charge is -2.10. The third-order valence-corrected chi connectivity index (χ3v) is 3.06. The van der Waals surface area contributed by atoms with E-state index in [1.54, 1.807) is 6.07 Å². The summed E-state index contributed by atoms with van der Waals surface area (Å²) < 4.78 is 18.8. The first-order valence-electron chi connectivity index (χ1n) is 5.98. The van der Waals surface area contributed by atoms with Gasteiger partial charge >= 0.3 is 0 Å². The molecular weight excluding hydrogens is 227 g/mol. The van der Waals surface area contributed by atoms with Crippen LogP contribution in [-0.2, 0) is 13.0 Å². The molecule has 0 bridgehead atoms. The lowest BCUT2D eigenvalue weighted by Crippen LogP contribution is -1.98. The lowest BCUT2D eigenvalue weighted by molar-refractivity contribution is 0.305. The second-order valence-corrected chi connectivity index (χ2v) is 4.35. The van der Waals surface area contributed by atoms with Gasteiger partial charge in [0, 0.05) is 5.56 Å². The van der Waals surface area contributed by atoms with Gasteiger partial charge in [-0.2, -0.15) is 0 Å². The third-order valence-electron chi connectivity index (χ3n) is 3.06. The van der Waals surface area contributed by atoms with Crippen molar-refractivity contribution in [3.05, 3.63) is 71.0 Å². The molecule has 0 unspecified atom stereocenters. The molecule has 3 rings (SSSR count). The first-order valence-corrected chi connectivity index (χ1v) is 5.98. The smallest absolute Gasteiger partial charge is 0.127 e. The van der Waals surface area contributed by atoms with Gasteiger partial charge in [-0.1, -0.05) is 36.4 Å². The van der Waals surface area contributed by atoms with Crippen LogP contribution in [0, 0.1) is 5.82 Å². The van der Waals surface area contributed by atoms with E-state index in [0.717, 1.165) is 23.3 Å². The highest BCUT2D eigenvalue weighted by Gasteiger charge is 2.10. The fourth-order valence-electron chi connectivity index (χ4n) is 2.17. The van der Waals surface area contributed by atoms with Crippen molar-refractivity contribution in [3.8, 4) is 5.75 Å². The first-order chi connectivity index (χ1) is 8.83. The van der Waals surface area contributed by atoms with Crippen molar-refractivity contribution in [2.75, 3.05) is 0 Å². The Balaban J connectivity index is 1.78. The van der Waals surface area contributed by atoms with Gasteiger partial charge < -0.3 is 4.74 Å². The molecule has 2 aromatic rings. The van der Waals surface area contributed by atoms with Gasteiger partial charge in [-0.05, 0) is 35.7 Å². The molecule has 1 nitrogen and oxygen atoms in total. The Morgan fingerprint density at radius 3 is 2.89 bits per heavy atom. The molecule has 0 saturated carbocycles. The van der Waals surface area contributed by atoms with Gasteiger partial charge in [-0.25, -0.2) is 4.39 Å². The summed E-state index contributed by atoms with van der Waals surface area (Å²) in [4.78, 5) is 0. The van der Waals surface area contributed by atoms with Crippen LogP contribution in [0.5, 0.6) is 5.75 Å². The molecule has 0 saturated heterocycles. The van der Waals surface area contributed by atoms with E-state index in [9.17, 15) is 4.39 Å². The summed E-state index contributed by atoms with van der Waals surface area (Å²) in [6, 6.07) is 12.5. The Kier molecular flexibility index (Phi) is 2.85. The van der Waals surface area contributed by atoms with Crippen LogP contribution in [0.3, 0.4) is 0 Å². The second kappa shape index (κ2) is 4.65. The number of rotatable bonds is 3. The quantitative estimate of drug-likeness (QED) is 0.788. The Bertz CT molecular complexity index is 602. The van der Waals surface area contributed by atoms with Crippen molar-refractivity contribution in [1.82, 2.24) is 0 Å². The zero-order chi connectivity index (χ0) is 12.4. The summed E-state index contributed by atoms with van der Waals surface area (Å²) in [5, 5.41) is 0. The molecule has 2 heteroatoms. The topological polar surface area (TPSA) is 9.23 Å². The number of allylic oxidation sites excluding steroid dienone is 1. The van der Waals surface area contributed by atoms with E-state index in [4.69, 9.17) is 4.74 Å². The van der Waals surface area contributed by atoms with Crippen molar-refractivity contribution in [3.63, 3.8) is 0 Å². The Morgan fingerprint density at radius 1 is 1.11 bits per heavy atom. The van der Waals surface area contributed by atoms with Crippen LogP contribution < -0.4 is 4.74 Å². The molecule has 0 N–H and O–H groups in total. The SMILES string of the molecule is Fc1cccc(COc2cccc3c2C=CC3)c1. The summed E-state index contributed by atoms with van der Waals surface area (Å²) in [6.07, 6.45) is 5.17. The number of benzene rings is 2. The Labute approximate surface area is 106 Å². The van der Waals surface area contributed by atoms with Crippen LogP contribution in [0.15, 0.2) is 48.5 Å². The fourth-order valence-corrected chi connectivity index (χ4v) is 2.17. The van der Waals surface area contributed by atoms with Crippen molar-refractivity contribution in [1.29, 1.82) is 0 Å². The highest BCUT2D eigenvalue weighted by atomic mass is 19.1. The standard InChI is InChI=1S/C16H13FO/c17-14-7-1-4-12(10-14)11-18-16-9-3-6-13-5-2-8-15(13)16/h1-4,6-10H,5,11H2. The lowest BCUT2D eigenvalue weighted by atomic mass is 10.1. The number of fused-ring (bicyclic) bond motifs is 1. The predicted molar refractivity (Wildman–Crippen MR) is 69.9 cm³/mol. The van der Waals surface area contributed by atoms with Gasteiger partial charge in [0.1, 0.15) is 18.2 Å². The minimum absolute atomic E-state index is 0.228. The van der Waals surface area contributed by atoms with Crippen molar-refractivity contribution in [2.45, 2.75) is 13.0 Å². The summed E-state index contributed by atoms with van der Waals surface area (Å²) in [5.74, 6) is 0.639. The van der Waals surface area contributed by atoms with Gasteiger partial charge in [0.05, 0.1) is 0 Å². The van der Waals surface area contributed by atoms with Crippen LogP contribution in [0.1, 0.15) is 16.7 Å². The molecule has 0 atom stereocenters. The number of hydrogen-bond acceptors (Lipinski definition) is 1. The van der Waals surface area contributed by atoms with E-state index in [0.29, 0.717) is 6.61 Å². The van der Waals surface area contributed by atoms with Gasteiger partial charge in [-0.15, -0.1) is 0 Å². The molecule has 0 heterocycles. The maximum absolute atomic E-state index is 13.0. The Hall–Kier alpha value is -2.09. The van der Waals surface area contributed by atoms with E-state index >= 15 is 0 Å². The van der Waals surface area contributed by atoms with Gasteiger partial charge in [-0.3, -0.25) is 0 Å². The van der Waals surface area contributed by atoms with Crippen LogP contribution in [0.2, 0.25) is 0 Å². The molecular formula is C16H13FO. The molecule has 2 aromatic carbocycles. The number of hydrogen-bond donors (Lipinski definition) is 0. The van der Waals surface area contributed by atoms with E-state index in [1.807, 2.05) is 18.2 Å². The molecule has 0 radical (unpaired) electrons. The van der Waals surface area contributed by atoms with Crippen LogP contribution in [0.4, 0.5) is 4.39 Å². The maximum atomic E-state index is 13.0. The summed E-state index contributed by atoms with van der Waals surface area (Å²) in [5.41, 5.74) is 3.27. The monoisotopic (exact) mass is 240 g/mol. The van der Waals surface area contributed by atoms with Crippen molar-refractivity contribution >= 4 is 6.08 Å². The molecule has 0 spiro atoms. The fraction of sp³-hybridized carbons (Fsp3) is 0.125. The summed E-state index contributed by atoms with van der Waals surface area (Å²) in [6.45, 7) is 0.391. The second-order valence-electron chi connectivity index (χ2n) is 4.35. The largest absolute Gasteiger partial charge is 0.488 e. The van der Waals surface area contributed by atoms with Crippen LogP contribution in [0.25, 0.3) is 6.08 Å². The van der Waals surface area contributed by atoms with Gasteiger partial charge in [0.2, 0.25) is 0 Å². The molecule has 18 heavy (non-hydrogen) atoms. The zero-order valence-corrected chi connectivity index (χ0v) is 9.90.